The smallest absolute Gasteiger partial charge is 0.366 e. The second kappa shape index (κ2) is 6.92. The number of primary amides is 1. The number of nitrogens with two attached hydrogens (primary N) is 1. The number of rotatable bonds is 4. The van der Waals surface area contributed by atoms with E-state index in [0.29, 0.717) is 11.3 Å². The molecule has 0 aliphatic carbocycles. The van der Waals surface area contributed by atoms with Crippen LogP contribution in [0.4, 0.5) is 24.5 Å². The molecular weight excluding hydrogens is 341 g/mol. The molecule has 0 heterocycles. The van der Waals surface area contributed by atoms with Gasteiger partial charge in [0.25, 0.3) is 0 Å². The predicted molar refractivity (Wildman–Crippen MR) is 95.1 cm³/mol. The number of benzene rings is 3. The molecule has 3 aromatic rings. The van der Waals surface area contributed by atoms with Crippen molar-refractivity contribution >= 4 is 17.3 Å². The Kier molecular flexibility index (Phi) is 4.67. The molecule has 0 aromatic heterocycles. The fourth-order valence-corrected chi connectivity index (χ4v) is 2.56. The standard InChI is InChI=1S/C20H15F3N2O/c21-20(22,23)15-9-11-16(12-10-15)25-18-4-2-1-3-17(18)13-5-7-14(8-6-13)19(24)26/h1-12,25H,(H2,24,26). The number of hydrogen-bond donors (Lipinski definition) is 2. The Balaban J connectivity index is 1.89. The normalized spacial score (nSPS) is 11.2. The largest absolute Gasteiger partial charge is 0.416 e. The third-order valence-electron chi connectivity index (χ3n) is 3.90. The highest BCUT2D eigenvalue weighted by Crippen LogP contribution is 2.33. The van der Waals surface area contributed by atoms with Gasteiger partial charge in [0.15, 0.2) is 0 Å². The van der Waals surface area contributed by atoms with E-state index in [-0.39, 0.29) is 0 Å². The van der Waals surface area contributed by atoms with Crippen molar-refractivity contribution in [2.45, 2.75) is 6.18 Å². The van der Waals surface area contributed by atoms with E-state index in [1.165, 1.54) is 12.1 Å². The summed E-state index contributed by atoms with van der Waals surface area (Å²) in [5.41, 5.74) is 7.93. The van der Waals surface area contributed by atoms with Crippen LogP contribution in [0, 0.1) is 0 Å². The Bertz CT molecular complexity index is 917. The molecule has 0 unspecified atom stereocenters. The van der Waals surface area contributed by atoms with Crippen LogP contribution < -0.4 is 11.1 Å². The van der Waals surface area contributed by atoms with Crippen LogP contribution >= 0.6 is 0 Å². The van der Waals surface area contributed by atoms with Crippen LogP contribution in [-0.2, 0) is 6.18 Å². The molecule has 0 spiro atoms. The van der Waals surface area contributed by atoms with Crippen molar-refractivity contribution in [3.63, 3.8) is 0 Å². The van der Waals surface area contributed by atoms with Crippen molar-refractivity contribution < 1.29 is 18.0 Å². The number of amides is 1. The van der Waals surface area contributed by atoms with Gasteiger partial charge in [0, 0.05) is 22.5 Å². The third-order valence-corrected chi connectivity index (χ3v) is 3.90. The molecule has 6 heteroatoms. The zero-order chi connectivity index (χ0) is 18.7. The number of hydrogen-bond acceptors (Lipinski definition) is 2. The fourth-order valence-electron chi connectivity index (χ4n) is 2.56. The second-order valence-electron chi connectivity index (χ2n) is 5.69. The Morgan fingerprint density at radius 3 is 2.04 bits per heavy atom. The minimum atomic E-state index is -4.36. The summed E-state index contributed by atoms with van der Waals surface area (Å²) < 4.78 is 38.0. The number of nitrogens with one attached hydrogen (secondary N) is 1. The first-order valence-corrected chi connectivity index (χ1v) is 7.78. The highest BCUT2D eigenvalue weighted by Gasteiger charge is 2.29. The average Bonchev–Trinajstić information content (AvgIpc) is 2.62. The van der Waals surface area contributed by atoms with Crippen molar-refractivity contribution in [2.75, 3.05) is 5.32 Å². The summed E-state index contributed by atoms with van der Waals surface area (Å²) in [7, 11) is 0. The van der Waals surface area contributed by atoms with E-state index in [1.807, 2.05) is 24.3 Å². The lowest BCUT2D eigenvalue weighted by atomic mass is 10.0. The molecule has 0 atom stereocenters. The Morgan fingerprint density at radius 2 is 1.46 bits per heavy atom. The van der Waals surface area contributed by atoms with Gasteiger partial charge in [-0.1, -0.05) is 30.3 Å². The van der Waals surface area contributed by atoms with Crippen LogP contribution in [0.25, 0.3) is 11.1 Å². The minimum absolute atomic E-state index is 0.405. The van der Waals surface area contributed by atoms with Gasteiger partial charge >= 0.3 is 6.18 Å². The summed E-state index contributed by atoms with van der Waals surface area (Å²) >= 11 is 0. The number of anilines is 2. The maximum Gasteiger partial charge on any atom is 0.416 e. The first-order valence-electron chi connectivity index (χ1n) is 7.78. The van der Waals surface area contributed by atoms with Crippen molar-refractivity contribution in [1.29, 1.82) is 0 Å². The molecule has 1 amide bonds. The Hall–Kier alpha value is -3.28. The van der Waals surface area contributed by atoms with Crippen LogP contribution in [0.3, 0.4) is 0 Å². The molecule has 0 aliphatic rings. The van der Waals surface area contributed by atoms with Crippen LogP contribution in [0.1, 0.15) is 15.9 Å². The van der Waals surface area contributed by atoms with Gasteiger partial charge in [-0.25, -0.2) is 0 Å². The quantitative estimate of drug-likeness (QED) is 0.674. The molecule has 0 fully saturated rings. The van der Waals surface area contributed by atoms with E-state index in [2.05, 4.69) is 5.32 Å². The summed E-state index contributed by atoms with van der Waals surface area (Å²) in [6.07, 6.45) is -4.36. The highest BCUT2D eigenvalue weighted by molar-refractivity contribution is 5.93. The van der Waals surface area contributed by atoms with Gasteiger partial charge in [-0.3, -0.25) is 4.79 Å². The van der Waals surface area contributed by atoms with Crippen molar-refractivity contribution in [3.8, 4) is 11.1 Å². The number of carbonyl (C=O) groups excluding carboxylic acids is 1. The van der Waals surface area contributed by atoms with E-state index in [1.54, 1.807) is 24.3 Å². The summed E-state index contributed by atoms with van der Waals surface area (Å²) in [6, 6.07) is 19.0. The summed E-state index contributed by atoms with van der Waals surface area (Å²) in [5, 5.41) is 3.13. The lowest BCUT2D eigenvalue weighted by Gasteiger charge is -2.13. The first kappa shape index (κ1) is 17.5. The molecule has 3 rings (SSSR count). The molecule has 0 aliphatic heterocycles. The summed E-state index contributed by atoms with van der Waals surface area (Å²) in [6.45, 7) is 0. The van der Waals surface area contributed by atoms with Crippen molar-refractivity contribution in [3.05, 3.63) is 83.9 Å². The molecule has 0 saturated heterocycles. The molecule has 132 valence electrons. The number of alkyl halides is 3. The maximum absolute atomic E-state index is 12.7. The molecular formula is C20H15F3N2O. The van der Waals surface area contributed by atoms with Gasteiger partial charge in [0.05, 0.1) is 5.56 Å². The molecule has 3 N–H and O–H groups in total. The SMILES string of the molecule is NC(=O)c1ccc(-c2ccccc2Nc2ccc(C(F)(F)F)cc2)cc1. The lowest BCUT2D eigenvalue weighted by Crippen LogP contribution is -2.10. The molecule has 0 radical (unpaired) electrons. The van der Waals surface area contributed by atoms with Gasteiger partial charge in [0.1, 0.15) is 0 Å². The van der Waals surface area contributed by atoms with E-state index < -0.39 is 17.6 Å². The summed E-state index contributed by atoms with van der Waals surface area (Å²) in [5.74, 6) is -0.507. The van der Waals surface area contributed by atoms with Crippen LogP contribution in [0.15, 0.2) is 72.8 Å². The van der Waals surface area contributed by atoms with Gasteiger partial charge in [0.2, 0.25) is 5.91 Å². The van der Waals surface area contributed by atoms with Crippen LogP contribution in [0.5, 0.6) is 0 Å². The van der Waals surface area contributed by atoms with Crippen molar-refractivity contribution in [1.82, 2.24) is 0 Å². The van der Waals surface area contributed by atoms with E-state index in [9.17, 15) is 18.0 Å². The van der Waals surface area contributed by atoms with E-state index >= 15 is 0 Å². The van der Waals surface area contributed by atoms with Crippen molar-refractivity contribution in [2.24, 2.45) is 5.73 Å². The zero-order valence-corrected chi connectivity index (χ0v) is 13.5. The number of para-hydroxylation sites is 1. The molecule has 3 nitrogen and oxygen atoms in total. The highest BCUT2D eigenvalue weighted by atomic mass is 19.4. The Morgan fingerprint density at radius 1 is 0.846 bits per heavy atom. The number of carbonyl (C=O) groups is 1. The molecule has 0 saturated carbocycles. The molecule has 26 heavy (non-hydrogen) atoms. The fraction of sp³-hybridized carbons (Fsp3) is 0.0500. The van der Waals surface area contributed by atoms with E-state index in [0.717, 1.165) is 28.9 Å². The lowest BCUT2D eigenvalue weighted by molar-refractivity contribution is -0.137. The topological polar surface area (TPSA) is 55.1 Å². The first-order chi connectivity index (χ1) is 12.3. The predicted octanol–water partition coefficient (Wildman–Crippen LogP) is 5.21. The average molecular weight is 356 g/mol. The van der Waals surface area contributed by atoms with Gasteiger partial charge in [-0.2, -0.15) is 13.2 Å². The maximum atomic E-state index is 12.7. The second-order valence-corrected chi connectivity index (χ2v) is 5.69. The Labute approximate surface area is 148 Å². The van der Waals surface area contributed by atoms with Gasteiger partial charge < -0.3 is 11.1 Å². The third kappa shape index (κ3) is 3.85. The molecule has 0 bridgehead atoms. The van der Waals surface area contributed by atoms with Gasteiger partial charge in [-0.05, 0) is 48.0 Å². The van der Waals surface area contributed by atoms with E-state index in [4.69, 9.17) is 5.73 Å². The zero-order valence-electron chi connectivity index (χ0n) is 13.5. The van der Waals surface area contributed by atoms with Crippen LogP contribution in [0.2, 0.25) is 0 Å². The number of halogens is 3. The van der Waals surface area contributed by atoms with Crippen LogP contribution in [-0.4, -0.2) is 5.91 Å². The molecule has 3 aromatic carbocycles. The minimum Gasteiger partial charge on any atom is -0.366 e. The summed E-state index contributed by atoms with van der Waals surface area (Å²) in [4.78, 5) is 11.2. The monoisotopic (exact) mass is 356 g/mol. The van der Waals surface area contributed by atoms with Gasteiger partial charge in [-0.15, -0.1) is 0 Å².